The van der Waals surface area contributed by atoms with Gasteiger partial charge < -0.3 is 28.7 Å². The molecule has 0 radical (unpaired) electrons. The lowest BCUT2D eigenvalue weighted by molar-refractivity contribution is -0.155. The molecule has 268 valence electrons. The first-order chi connectivity index (χ1) is 24.2. The van der Waals surface area contributed by atoms with E-state index in [-0.39, 0.29) is 16.3 Å². The fraction of sp³-hybridized carbons (Fsp3) is 0.444. The van der Waals surface area contributed by atoms with E-state index in [2.05, 4.69) is 9.88 Å². The predicted molar refractivity (Wildman–Crippen MR) is 190 cm³/mol. The first kappa shape index (κ1) is 35.9. The summed E-state index contributed by atoms with van der Waals surface area (Å²) in [5.74, 6) is 1.27. The number of benzene rings is 3. The minimum absolute atomic E-state index is 0.0192. The molecule has 2 aliphatic rings. The van der Waals surface area contributed by atoms with Crippen LogP contribution in [0.4, 0.5) is 0 Å². The molecule has 0 bridgehead atoms. The van der Waals surface area contributed by atoms with Gasteiger partial charge in [0.25, 0.3) is 0 Å². The number of esters is 1. The fourth-order valence-electron chi connectivity index (χ4n) is 6.42. The van der Waals surface area contributed by atoms with Crippen LogP contribution >= 0.6 is 11.3 Å². The van der Waals surface area contributed by atoms with Crippen molar-refractivity contribution in [3.05, 3.63) is 81.5 Å². The Balaban J connectivity index is 1.22. The quantitative estimate of drug-likeness (QED) is 0.181. The minimum Gasteiger partial charge on any atom is -0.493 e. The standard InChI is InChI=1S/C36H43N3O9S2/c1-44-32-13-10-25(22-33(32)45-2)9-12-31(26-6-5-7-27(23-26)47-21-18-38-16-19-46-20-17-38)48-35(40)30-8-3-4-15-39(30)50(42,43)28-11-14-34-29(24-28)37-36(41)49-34/h5-7,10-11,13-14,22-24,30-31H,3-4,8-9,12,15-21H2,1-2H3,(H,37,41)/t30-,31+/m0/s1. The number of piperidine rings is 1. The number of carbonyl (C=O) groups excluding carboxylic acids is 1. The Morgan fingerprint density at radius 1 is 1.00 bits per heavy atom. The lowest BCUT2D eigenvalue weighted by Gasteiger charge is -2.34. The molecule has 3 heterocycles. The van der Waals surface area contributed by atoms with E-state index in [0.29, 0.717) is 79.4 Å². The molecule has 2 fully saturated rings. The number of hydrogen-bond acceptors (Lipinski definition) is 11. The van der Waals surface area contributed by atoms with E-state index in [0.717, 1.165) is 42.1 Å². The molecule has 0 amide bonds. The van der Waals surface area contributed by atoms with Crippen LogP contribution in [0.3, 0.4) is 0 Å². The highest BCUT2D eigenvalue weighted by molar-refractivity contribution is 7.89. The molecule has 14 heteroatoms. The third-order valence-corrected chi connectivity index (χ3v) is 11.9. The van der Waals surface area contributed by atoms with Crippen LogP contribution in [0.15, 0.2) is 70.4 Å². The predicted octanol–water partition coefficient (Wildman–Crippen LogP) is 4.78. The Morgan fingerprint density at radius 3 is 2.62 bits per heavy atom. The Bertz CT molecular complexity index is 1940. The van der Waals surface area contributed by atoms with Crippen LogP contribution in [0.5, 0.6) is 17.2 Å². The molecule has 2 aliphatic heterocycles. The van der Waals surface area contributed by atoms with Gasteiger partial charge in [-0.15, -0.1) is 0 Å². The third-order valence-electron chi connectivity index (χ3n) is 9.13. The Hall–Kier alpha value is -3.95. The van der Waals surface area contributed by atoms with Crippen LogP contribution < -0.4 is 19.1 Å². The van der Waals surface area contributed by atoms with Gasteiger partial charge in [-0.1, -0.05) is 29.5 Å². The van der Waals surface area contributed by atoms with Crippen molar-refractivity contribution in [2.45, 2.75) is 49.1 Å². The molecule has 0 unspecified atom stereocenters. The number of nitrogens with one attached hydrogen (secondary N) is 1. The molecular formula is C36H43N3O9S2. The van der Waals surface area contributed by atoms with E-state index in [1.54, 1.807) is 20.3 Å². The summed E-state index contributed by atoms with van der Waals surface area (Å²) >= 11 is 1.01. The van der Waals surface area contributed by atoms with Crippen molar-refractivity contribution in [3.63, 3.8) is 0 Å². The number of carbonyl (C=O) groups is 1. The highest BCUT2D eigenvalue weighted by atomic mass is 32.2. The maximum absolute atomic E-state index is 14.1. The molecule has 2 atom stereocenters. The SMILES string of the molecule is COc1ccc(CC[C@@H](OC(=O)[C@@H]2CCCCN2S(=O)(=O)c2ccc3sc(=O)[nH]c3c2)c2cccc(OCCN3CCOCC3)c2)cc1OC. The molecule has 3 aromatic carbocycles. The largest absolute Gasteiger partial charge is 0.493 e. The lowest BCUT2D eigenvalue weighted by atomic mass is 10.00. The third kappa shape index (κ3) is 8.49. The molecule has 6 rings (SSSR count). The average molecular weight is 726 g/mol. The van der Waals surface area contributed by atoms with Gasteiger partial charge in [-0.05, 0) is 85.7 Å². The summed E-state index contributed by atoms with van der Waals surface area (Å²) in [5.41, 5.74) is 2.16. The molecule has 0 saturated carbocycles. The van der Waals surface area contributed by atoms with Crippen LogP contribution in [0.1, 0.15) is 42.9 Å². The summed E-state index contributed by atoms with van der Waals surface area (Å²) in [5, 5.41) is 0. The fourth-order valence-corrected chi connectivity index (χ4v) is 8.81. The number of sulfonamides is 1. The normalized spacial score (nSPS) is 18.1. The van der Waals surface area contributed by atoms with Gasteiger partial charge in [0.1, 0.15) is 24.5 Å². The van der Waals surface area contributed by atoms with E-state index >= 15 is 0 Å². The van der Waals surface area contributed by atoms with Crippen LogP contribution in [-0.4, -0.2) is 94.8 Å². The van der Waals surface area contributed by atoms with Crippen molar-refractivity contribution in [3.8, 4) is 17.2 Å². The van der Waals surface area contributed by atoms with Gasteiger partial charge in [0.2, 0.25) is 10.0 Å². The second kappa shape index (κ2) is 16.4. The number of ether oxygens (including phenoxy) is 5. The number of morpholine rings is 1. The van der Waals surface area contributed by atoms with Crippen LogP contribution in [-0.2, 0) is 30.7 Å². The van der Waals surface area contributed by atoms with E-state index in [9.17, 15) is 18.0 Å². The molecular weight excluding hydrogens is 683 g/mol. The van der Waals surface area contributed by atoms with Crippen molar-refractivity contribution in [2.75, 3.05) is 60.2 Å². The number of hydrogen-bond donors (Lipinski definition) is 1. The first-order valence-electron chi connectivity index (χ1n) is 16.8. The zero-order valence-electron chi connectivity index (χ0n) is 28.3. The molecule has 0 spiro atoms. The number of H-pyrrole nitrogens is 1. The summed E-state index contributed by atoms with van der Waals surface area (Å²) in [6.07, 6.45) is 1.94. The zero-order chi connectivity index (χ0) is 35.1. The van der Waals surface area contributed by atoms with Crippen LogP contribution in [0.2, 0.25) is 0 Å². The number of aromatic amines is 1. The number of methoxy groups -OCH3 is 2. The molecule has 0 aliphatic carbocycles. The number of aromatic nitrogens is 1. The van der Waals surface area contributed by atoms with Crippen molar-refractivity contribution in [1.82, 2.24) is 14.2 Å². The summed E-state index contributed by atoms with van der Waals surface area (Å²) in [6, 6.07) is 16.8. The van der Waals surface area contributed by atoms with Crippen molar-refractivity contribution in [2.24, 2.45) is 0 Å². The average Bonchev–Trinajstić information content (AvgIpc) is 3.53. The number of rotatable bonds is 14. The number of thiazole rings is 1. The number of aryl methyl sites for hydroxylation is 1. The van der Waals surface area contributed by atoms with Gasteiger partial charge >= 0.3 is 10.8 Å². The van der Waals surface area contributed by atoms with Crippen LogP contribution in [0.25, 0.3) is 10.2 Å². The Kier molecular flexibility index (Phi) is 11.7. The minimum atomic E-state index is -4.08. The van der Waals surface area contributed by atoms with E-state index < -0.39 is 28.1 Å². The highest BCUT2D eigenvalue weighted by Crippen LogP contribution is 2.33. The maximum atomic E-state index is 14.1. The van der Waals surface area contributed by atoms with E-state index in [4.69, 9.17) is 23.7 Å². The molecule has 1 aromatic heterocycles. The summed E-state index contributed by atoms with van der Waals surface area (Å²) in [4.78, 5) is 30.7. The summed E-state index contributed by atoms with van der Waals surface area (Å²) in [6.45, 7) is 4.62. The molecule has 2 saturated heterocycles. The smallest absolute Gasteiger partial charge is 0.325 e. The van der Waals surface area contributed by atoms with E-state index in [1.807, 2.05) is 42.5 Å². The molecule has 50 heavy (non-hydrogen) atoms. The van der Waals surface area contributed by atoms with E-state index in [1.165, 1.54) is 16.4 Å². The molecule has 1 N–H and O–H groups in total. The lowest BCUT2D eigenvalue weighted by Crippen LogP contribution is -2.48. The Labute approximate surface area is 295 Å². The molecule has 12 nitrogen and oxygen atoms in total. The highest BCUT2D eigenvalue weighted by Gasteiger charge is 2.39. The van der Waals surface area contributed by atoms with Crippen molar-refractivity contribution < 1.29 is 36.9 Å². The number of fused-ring (bicyclic) bond motifs is 1. The summed E-state index contributed by atoms with van der Waals surface area (Å²) < 4.78 is 58.6. The zero-order valence-corrected chi connectivity index (χ0v) is 29.9. The second-order valence-electron chi connectivity index (χ2n) is 12.3. The topological polar surface area (TPSA) is 137 Å². The van der Waals surface area contributed by atoms with Crippen molar-refractivity contribution >= 4 is 37.5 Å². The maximum Gasteiger partial charge on any atom is 0.325 e. The molecule has 4 aromatic rings. The Morgan fingerprint density at radius 2 is 1.82 bits per heavy atom. The first-order valence-corrected chi connectivity index (χ1v) is 19.1. The second-order valence-corrected chi connectivity index (χ2v) is 15.2. The van der Waals surface area contributed by atoms with Gasteiger partial charge in [-0.3, -0.25) is 14.5 Å². The van der Waals surface area contributed by atoms with Gasteiger partial charge in [0, 0.05) is 26.2 Å². The van der Waals surface area contributed by atoms with Gasteiger partial charge in [0.15, 0.2) is 11.5 Å². The van der Waals surface area contributed by atoms with Gasteiger partial charge in [0.05, 0.1) is 42.5 Å². The monoisotopic (exact) mass is 725 g/mol. The number of nitrogens with zero attached hydrogens (tertiary/aromatic N) is 2. The van der Waals surface area contributed by atoms with Gasteiger partial charge in [-0.25, -0.2) is 8.42 Å². The summed E-state index contributed by atoms with van der Waals surface area (Å²) in [7, 11) is -0.913. The van der Waals surface area contributed by atoms with Gasteiger partial charge in [-0.2, -0.15) is 4.31 Å². The van der Waals surface area contributed by atoms with Crippen molar-refractivity contribution in [1.29, 1.82) is 0 Å². The van der Waals surface area contributed by atoms with Crippen LogP contribution in [0, 0.1) is 0 Å².